The molecule has 0 unspecified atom stereocenters. The second kappa shape index (κ2) is 8.51. The van der Waals surface area contributed by atoms with Crippen molar-refractivity contribution < 1.29 is 17.9 Å². The smallest absolute Gasteiger partial charge is 0.271 e. The first-order chi connectivity index (χ1) is 12.7. The fourth-order valence-corrected chi connectivity index (χ4v) is 3.35. The van der Waals surface area contributed by atoms with Crippen molar-refractivity contribution in [3.63, 3.8) is 0 Å². The molecule has 1 amide bonds. The second-order valence-electron chi connectivity index (χ2n) is 5.80. The third-order valence-corrected chi connectivity index (χ3v) is 5.80. The van der Waals surface area contributed by atoms with Crippen molar-refractivity contribution in [2.24, 2.45) is 5.10 Å². The van der Waals surface area contributed by atoms with Gasteiger partial charge in [0.05, 0.1) is 17.7 Å². The molecule has 0 radical (unpaired) electrons. The number of hydrazone groups is 1. The lowest BCUT2D eigenvalue weighted by Gasteiger charge is -2.12. The molecule has 2 aromatic carbocycles. The van der Waals surface area contributed by atoms with Crippen molar-refractivity contribution in [3.05, 3.63) is 58.6 Å². The van der Waals surface area contributed by atoms with Crippen LogP contribution in [0.1, 0.15) is 22.8 Å². The van der Waals surface area contributed by atoms with Crippen molar-refractivity contribution in [1.82, 2.24) is 9.73 Å². The maximum atomic E-state index is 12.4. The number of hydrogen-bond acceptors (Lipinski definition) is 5. The minimum atomic E-state index is -3.63. The Kier molecular flexibility index (Phi) is 6.59. The Balaban J connectivity index is 2.26. The van der Waals surface area contributed by atoms with Crippen LogP contribution >= 0.6 is 11.6 Å². The van der Waals surface area contributed by atoms with Gasteiger partial charge in [-0.15, -0.1) is 0 Å². The zero-order chi connectivity index (χ0) is 20.2. The number of benzene rings is 2. The van der Waals surface area contributed by atoms with Crippen LogP contribution in [0, 0.1) is 0 Å². The molecule has 0 saturated carbocycles. The molecule has 2 rings (SSSR count). The average molecular weight is 410 g/mol. The fourth-order valence-electron chi connectivity index (χ4n) is 2.23. The Morgan fingerprint density at radius 2 is 1.89 bits per heavy atom. The summed E-state index contributed by atoms with van der Waals surface area (Å²) in [4.78, 5) is 12.4. The van der Waals surface area contributed by atoms with E-state index in [1.807, 2.05) is 0 Å². The lowest BCUT2D eigenvalue weighted by molar-refractivity contribution is 0.0954. The zero-order valence-electron chi connectivity index (χ0n) is 15.4. The molecule has 2 aromatic rings. The Bertz CT molecular complexity index is 988. The molecule has 0 heterocycles. The lowest BCUT2D eigenvalue weighted by Crippen LogP contribution is -2.23. The first-order valence-corrected chi connectivity index (χ1v) is 9.69. The van der Waals surface area contributed by atoms with Crippen LogP contribution < -0.4 is 10.2 Å². The molecule has 1 N–H and O–H groups in total. The summed E-state index contributed by atoms with van der Waals surface area (Å²) < 4.78 is 30.7. The molecule has 0 aliphatic rings. The van der Waals surface area contributed by atoms with Crippen molar-refractivity contribution in [1.29, 1.82) is 0 Å². The molecule has 0 fully saturated rings. The Morgan fingerprint density at radius 3 is 2.52 bits per heavy atom. The number of carbonyl (C=O) groups excluding carboxylic acids is 1. The topological polar surface area (TPSA) is 88.1 Å². The summed E-state index contributed by atoms with van der Waals surface area (Å²) in [5.74, 6) is 0.0279. The summed E-state index contributed by atoms with van der Waals surface area (Å²) in [7, 11) is 0.738. The molecular formula is C18H20ClN3O4S. The number of sulfonamides is 1. The maximum absolute atomic E-state index is 12.4. The second-order valence-corrected chi connectivity index (χ2v) is 8.39. The number of nitrogens with zero attached hydrogens (tertiary/aromatic N) is 2. The number of methoxy groups -OCH3 is 1. The first-order valence-electron chi connectivity index (χ1n) is 7.88. The zero-order valence-corrected chi connectivity index (χ0v) is 16.9. The van der Waals surface area contributed by atoms with Crippen LogP contribution in [0.3, 0.4) is 0 Å². The molecule has 0 saturated heterocycles. The van der Waals surface area contributed by atoms with Crippen LogP contribution in [-0.2, 0) is 10.0 Å². The molecule has 27 heavy (non-hydrogen) atoms. The highest BCUT2D eigenvalue weighted by Gasteiger charge is 2.18. The predicted octanol–water partition coefficient (Wildman–Crippen LogP) is 2.75. The lowest BCUT2D eigenvalue weighted by atomic mass is 10.1. The molecule has 7 nitrogen and oxygen atoms in total. The van der Waals surface area contributed by atoms with Gasteiger partial charge >= 0.3 is 0 Å². The van der Waals surface area contributed by atoms with Crippen LogP contribution in [0.5, 0.6) is 5.75 Å². The molecule has 0 aliphatic heterocycles. The molecule has 144 valence electrons. The van der Waals surface area contributed by atoms with Gasteiger partial charge in [-0.25, -0.2) is 18.1 Å². The number of rotatable bonds is 6. The van der Waals surface area contributed by atoms with Crippen molar-refractivity contribution in [2.45, 2.75) is 11.8 Å². The van der Waals surface area contributed by atoms with Gasteiger partial charge in [-0.05, 0) is 43.3 Å². The molecular weight excluding hydrogens is 390 g/mol. The highest BCUT2D eigenvalue weighted by atomic mass is 35.5. The van der Waals surface area contributed by atoms with E-state index in [0.29, 0.717) is 22.0 Å². The van der Waals surface area contributed by atoms with E-state index in [4.69, 9.17) is 16.3 Å². The van der Waals surface area contributed by atoms with Crippen LogP contribution in [0.15, 0.2) is 52.5 Å². The van der Waals surface area contributed by atoms with E-state index in [-0.39, 0.29) is 10.5 Å². The third kappa shape index (κ3) is 4.85. The molecule has 0 atom stereocenters. The SMILES string of the molecule is COc1ccc(Cl)cc1/C(C)=N\NC(=O)c1cccc(S(=O)(=O)N(C)C)c1. The normalized spacial score (nSPS) is 12.1. The van der Waals surface area contributed by atoms with Gasteiger partial charge in [-0.1, -0.05) is 17.7 Å². The summed E-state index contributed by atoms with van der Waals surface area (Å²) in [6.45, 7) is 1.70. The van der Waals surface area contributed by atoms with E-state index in [1.54, 1.807) is 25.1 Å². The van der Waals surface area contributed by atoms with Crippen LogP contribution in [0.25, 0.3) is 0 Å². The highest BCUT2D eigenvalue weighted by Crippen LogP contribution is 2.23. The van der Waals surface area contributed by atoms with E-state index < -0.39 is 15.9 Å². The largest absolute Gasteiger partial charge is 0.496 e. The number of ether oxygens (including phenoxy) is 1. The molecule has 0 spiro atoms. The number of amides is 1. The van der Waals surface area contributed by atoms with E-state index in [9.17, 15) is 13.2 Å². The number of halogens is 1. The average Bonchev–Trinajstić information content (AvgIpc) is 2.65. The quantitative estimate of drug-likeness (QED) is 0.587. The van der Waals surface area contributed by atoms with E-state index in [2.05, 4.69) is 10.5 Å². The predicted molar refractivity (Wildman–Crippen MR) is 105 cm³/mol. The van der Waals surface area contributed by atoms with E-state index in [1.165, 1.54) is 45.5 Å². The van der Waals surface area contributed by atoms with Gasteiger partial charge in [0.1, 0.15) is 5.75 Å². The number of hydrogen-bond donors (Lipinski definition) is 1. The summed E-state index contributed by atoms with van der Waals surface area (Å²) in [5.41, 5.74) is 3.71. The standard InChI is InChI=1S/C18H20ClN3O4S/c1-12(16-11-14(19)8-9-17(16)26-4)20-21-18(23)13-6-5-7-15(10-13)27(24,25)22(2)3/h5-11H,1-4H3,(H,21,23)/b20-12-. The third-order valence-electron chi connectivity index (χ3n) is 3.75. The van der Waals surface area contributed by atoms with Gasteiger partial charge in [-0.2, -0.15) is 5.10 Å². The van der Waals surface area contributed by atoms with Crippen LogP contribution in [0.4, 0.5) is 0 Å². The minimum Gasteiger partial charge on any atom is -0.496 e. The number of carbonyl (C=O) groups is 1. The van der Waals surface area contributed by atoms with Crippen molar-refractivity contribution >= 4 is 33.2 Å². The van der Waals surface area contributed by atoms with E-state index in [0.717, 1.165) is 4.31 Å². The van der Waals surface area contributed by atoms with Crippen LogP contribution in [0.2, 0.25) is 5.02 Å². The van der Waals surface area contributed by atoms with Crippen molar-refractivity contribution in [3.8, 4) is 5.75 Å². The van der Waals surface area contributed by atoms with Gasteiger partial charge in [-0.3, -0.25) is 4.79 Å². The molecule has 0 aliphatic carbocycles. The summed E-state index contributed by atoms with van der Waals surface area (Å²) >= 11 is 6.00. The highest BCUT2D eigenvalue weighted by molar-refractivity contribution is 7.89. The summed E-state index contributed by atoms with van der Waals surface area (Å²) in [6.07, 6.45) is 0. The number of nitrogens with one attached hydrogen (secondary N) is 1. The summed E-state index contributed by atoms with van der Waals surface area (Å²) in [6, 6.07) is 10.8. The van der Waals surface area contributed by atoms with Gasteiger partial charge in [0.25, 0.3) is 5.91 Å². The molecule has 9 heteroatoms. The van der Waals surface area contributed by atoms with Crippen molar-refractivity contribution in [2.75, 3.05) is 21.2 Å². The van der Waals surface area contributed by atoms with Crippen LogP contribution in [-0.4, -0.2) is 45.5 Å². The maximum Gasteiger partial charge on any atom is 0.271 e. The Hall–Kier alpha value is -2.42. The Morgan fingerprint density at radius 1 is 1.19 bits per heavy atom. The first kappa shape index (κ1) is 20.9. The van der Waals surface area contributed by atoms with Gasteiger partial charge < -0.3 is 4.74 Å². The van der Waals surface area contributed by atoms with Gasteiger partial charge in [0, 0.05) is 30.2 Å². The molecule has 0 aromatic heterocycles. The minimum absolute atomic E-state index is 0.0253. The summed E-state index contributed by atoms with van der Waals surface area (Å²) in [5, 5.41) is 4.57. The van der Waals surface area contributed by atoms with Gasteiger partial charge in [0.15, 0.2) is 0 Å². The van der Waals surface area contributed by atoms with Gasteiger partial charge in [0.2, 0.25) is 10.0 Å². The van der Waals surface area contributed by atoms with E-state index >= 15 is 0 Å². The monoisotopic (exact) mass is 409 g/mol. The Labute approximate surface area is 163 Å². The molecule has 0 bridgehead atoms. The fraction of sp³-hybridized carbons (Fsp3) is 0.222.